The Morgan fingerprint density at radius 3 is 1.93 bits per heavy atom. The van der Waals surface area contributed by atoms with Crippen LogP contribution in [0.2, 0.25) is 0 Å². The molecule has 0 bridgehead atoms. The molecular formula is C12H25NO. The summed E-state index contributed by atoms with van der Waals surface area (Å²) in [4.78, 5) is 2.35. The van der Waals surface area contributed by atoms with Crippen molar-refractivity contribution in [1.29, 1.82) is 0 Å². The molecule has 0 amide bonds. The van der Waals surface area contributed by atoms with Gasteiger partial charge in [0, 0.05) is 6.04 Å². The smallest absolute Gasteiger partial charge is 0.0540 e. The second kappa shape index (κ2) is 5.13. The van der Waals surface area contributed by atoms with Gasteiger partial charge >= 0.3 is 0 Å². The molecule has 1 unspecified atom stereocenters. The van der Waals surface area contributed by atoms with E-state index in [0.29, 0.717) is 12.0 Å². The molecule has 0 aromatic carbocycles. The van der Waals surface area contributed by atoms with Gasteiger partial charge in [0.25, 0.3) is 0 Å². The summed E-state index contributed by atoms with van der Waals surface area (Å²) in [6.07, 6.45) is 4.37. The van der Waals surface area contributed by atoms with E-state index in [2.05, 4.69) is 32.8 Å². The molecule has 84 valence electrons. The summed E-state index contributed by atoms with van der Waals surface area (Å²) in [5.41, 5.74) is 0. The molecule has 1 N–H and O–H groups in total. The van der Waals surface area contributed by atoms with Crippen molar-refractivity contribution in [2.45, 2.75) is 51.7 Å². The van der Waals surface area contributed by atoms with Gasteiger partial charge in [-0.2, -0.15) is 0 Å². The fourth-order valence-corrected chi connectivity index (χ4v) is 3.01. The van der Waals surface area contributed by atoms with Crippen molar-refractivity contribution < 1.29 is 5.11 Å². The van der Waals surface area contributed by atoms with Crippen molar-refractivity contribution in [1.82, 2.24) is 4.90 Å². The molecule has 1 rings (SSSR count). The lowest BCUT2D eigenvalue weighted by molar-refractivity contribution is 0.0634. The highest BCUT2D eigenvalue weighted by molar-refractivity contribution is 4.83. The number of hydrogen-bond acceptors (Lipinski definition) is 2. The van der Waals surface area contributed by atoms with E-state index in [9.17, 15) is 5.11 Å². The Bertz CT molecular complexity index is 152. The van der Waals surface area contributed by atoms with Gasteiger partial charge in [0.2, 0.25) is 0 Å². The van der Waals surface area contributed by atoms with Gasteiger partial charge in [0.15, 0.2) is 0 Å². The van der Waals surface area contributed by atoms with Crippen LogP contribution in [0.15, 0.2) is 0 Å². The first kappa shape index (κ1) is 12.0. The summed E-state index contributed by atoms with van der Waals surface area (Å²) in [5, 5.41) is 9.47. The van der Waals surface area contributed by atoms with Gasteiger partial charge in [-0.1, -0.05) is 13.8 Å². The summed E-state index contributed by atoms with van der Waals surface area (Å²) < 4.78 is 0. The molecule has 1 aliphatic carbocycles. The second-order valence-corrected chi connectivity index (χ2v) is 5.27. The van der Waals surface area contributed by atoms with E-state index >= 15 is 0 Å². The zero-order chi connectivity index (χ0) is 10.7. The third-order valence-electron chi connectivity index (χ3n) is 3.50. The largest absolute Gasteiger partial charge is 0.393 e. The average Bonchev–Trinajstić information content (AvgIpc) is 2.07. The van der Waals surface area contributed by atoms with Crippen LogP contribution in [0.4, 0.5) is 0 Å². The van der Waals surface area contributed by atoms with Crippen LogP contribution in [-0.4, -0.2) is 36.2 Å². The molecule has 0 aromatic heterocycles. The van der Waals surface area contributed by atoms with E-state index in [4.69, 9.17) is 0 Å². The predicted molar refractivity (Wildman–Crippen MR) is 60.3 cm³/mol. The molecule has 2 heteroatoms. The molecule has 0 saturated heterocycles. The summed E-state index contributed by atoms with van der Waals surface area (Å²) >= 11 is 0. The fraction of sp³-hybridized carbons (Fsp3) is 1.00. The van der Waals surface area contributed by atoms with Crippen LogP contribution in [0.3, 0.4) is 0 Å². The molecule has 1 fully saturated rings. The molecule has 14 heavy (non-hydrogen) atoms. The third kappa shape index (κ3) is 2.96. The zero-order valence-electron chi connectivity index (χ0n) is 10.0. The van der Waals surface area contributed by atoms with Crippen molar-refractivity contribution in [3.8, 4) is 0 Å². The molecule has 1 saturated carbocycles. The van der Waals surface area contributed by atoms with Gasteiger partial charge in [0.1, 0.15) is 0 Å². The lowest BCUT2D eigenvalue weighted by atomic mass is 9.78. The first-order chi connectivity index (χ1) is 6.52. The van der Waals surface area contributed by atoms with Gasteiger partial charge in [0.05, 0.1) is 6.10 Å². The molecule has 0 spiro atoms. The molecule has 1 atom stereocenters. The number of nitrogens with zero attached hydrogens (tertiary/aromatic N) is 1. The maximum absolute atomic E-state index is 9.47. The van der Waals surface area contributed by atoms with Crippen LogP contribution in [-0.2, 0) is 0 Å². The number of aliphatic hydroxyl groups excluding tert-OH is 1. The van der Waals surface area contributed by atoms with Crippen LogP contribution in [0.1, 0.15) is 39.5 Å². The Morgan fingerprint density at radius 2 is 1.57 bits per heavy atom. The lowest BCUT2D eigenvalue weighted by Crippen LogP contribution is -2.41. The number of hydrogen-bond donors (Lipinski definition) is 1. The van der Waals surface area contributed by atoms with Gasteiger partial charge in [-0.05, 0) is 51.6 Å². The number of rotatable bonds is 3. The van der Waals surface area contributed by atoms with E-state index in [0.717, 1.165) is 18.8 Å². The summed E-state index contributed by atoms with van der Waals surface area (Å²) in [5.74, 6) is 1.50. The van der Waals surface area contributed by atoms with Gasteiger partial charge in [-0.15, -0.1) is 0 Å². The Hall–Kier alpha value is -0.0800. The summed E-state index contributed by atoms with van der Waals surface area (Å²) in [7, 11) is 4.35. The highest BCUT2D eigenvalue weighted by atomic mass is 16.3. The highest BCUT2D eigenvalue weighted by Crippen LogP contribution is 2.31. The minimum atomic E-state index is -0.0266. The van der Waals surface area contributed by atoms with Gasteiger partial charge in [-0.25, -0.2) is 0 Å². The monoisotopic (exact) mass is 199 g/mol. The molecule has 1 aliphatic rings. The van der Waals surface area contributed by atoms with Crippen LogP contribution in [0, 0.1) is 11.8 Å². The van der Waals surface area contributed by atoms with E-state index in [1.54, 1.807) is 0 Å². The predicted octanol–water partition coefficient (Wildman–Crippen LogP) is 2.12. The molecular weight excluding hydrogens is 174 g/mol. The quantitative estimate of drug-likeness (QED) is 0.752. The Balaban J connectivity index is 2.52. The molecule has 0 aliphatic heterocycles. The minimum Gasteiger partial charge on any atom is -0.393 e. The van der Waals surface area contributed by atoms with Crippen LogP contribution >= 0.6 is 0 Å². The van der Waals surface area contributed by atoms with Crippen molar-refractivity contribution >= 4 is 0 Å². The molecule has 0 radical (unpaired) electrons. The minimum absolute atomic E-state index is 0.0266. The zero-order valence-corrected chi connectivity index (χ0v) is 10.0. The van der Waals surface area contributed by atoms with Crippen molar-refractivity contribution in [2.75, 3.05) is 14.1 Å². The van der Waals surface area contributed by atoms with E-state index in [-0.39, 0.29) is 6.10 Å². The van der Waals surface area contributed by atoms with Crippen molar-refractivity contribution in [2.24, 2.45) is 11.8 Å². The average molecular weight is 199 g/mol. The topological polar surface area (TPSA) is 23.5 Å². The molecule has 2 nitrogen and oxygen atoms in total. The second-order valence-electron chi connectivity index (χ2n) is 5.27. The summed E-state index contributed by atoms with van der Waals surface area (Å²) in [6.45, 7) is 4.60. The Morgan fingerprint density at radius 1 is 1.07 bits per heavy atom. The number of aliphatic hydroxyl groups is 1. The van der Waals surface area contributed by atoms with Gasteiger partial charge in [-0.3, -0.25) is 0 Å². The van der Waals surface area contributed by atoms with Gasteiger partial charge < -0.3 is 10.0 Å². The Kier molecular flexibility index (Phi) is 4.39. The SMILES string of the molecule is CC(C)C(C1CCC(O)CC1)N(C)C. The van der Waals surface area contributed by atoms with E-state index in [1.807, 2.05) is 0 Å². The van der Waals surface area contributed by atoms with Crippen molar-refractivity contribution in [3.05, 3.63) is 0 Å². The first-order valence-corrected chi connectivity index (χ1v) is 5.87. The van der Waals surface area contributed by atoms with Crippen LogP contribution in [0.5, 0.6) is 0 Å². The maximum Gasteiger partial charge on any atom is 0.0540 e. The standard InChI is InChI=1S/C12H25NO/c1-9(2)12(13(3)4)10-5-7-11(14)8-6-10/h9-12,14H,5-8H2,1-4H3. The highest BCUT2D eigenvalue weighted by Gasteiger charge is 2.29. The first-order valence-electron chi connectivity index (χ1n) is 5.87. The van der Waals surface area contributed by atoms with Crippen LogP contribution < -0.4 is 0 Å². The lowest BCUT2D eigenvalue weighted by Gasteiger charge is -2.38. The maximum atomic E-state index is 9.47. The third-order valence-corrected chi connectivity index (χ3v) is 3.50. The molecule has 0 heterocycles. The normalized spacial score (nSPS) is 31.1. The van der Waals surface area contributed by atoms with E-state index in [1.165, 1.54) is 12.8 Å². The summed E-state index contributed by atoms with van der Waals surface area (Å²) in [6, 6.07) is 0.683. The molecule has 0 aromatic rings. The van der Waals surface area contributed by atoms with Crippen LogP contribution in [0.25, 0.3) is 0 Å². The van der Waals surface area contributed by atoms with E-state index < -0.39 is 0 Å². The Labute approximate surface area is 88.3 Å². The van der Waals surface area contributed by atoms with Crippen molar-refractivity contribution in [3.63, 3.8) is 0 Å². The fourth-order valence-electron chi connectivity index (χ4n) is 3.01.